The lowest BCUT2D eigenvalue weighted by Crippen LogP contribution is -2.38. The first-order chi connectivity index (χ1) is 14.6. The van der Waals surface area contributed by atoms with Crippen LogP contribution in [0.3, 0.4) is 0 Å². The molecule has 1 aromatic carbocycles. The highest BCUT2D eigenvalue weighted by Gasteiger charge is 2.14. The number of guanidine groups is 1. The zero-order chi connectivity index (χ0) is 21.3. The molecule has 0 saturated carbocycles. The van der Waals surface area contributed by atoms with Crippen molar-refractivity contribution < 1.29 is 4.52 Å². The highest BCUT2D eigenvalue weighted by atomic mass is 16.5. The van der Waals surface area contributed by atoms with Crippen molar-refractivity contribution in [1.29, 1.82) is 0 Å². The molecule has 3 rings (SSSR count). The smallest absolute Gasteiger partial charge is 0.226 e. The minimum atomic E-state index is 0.176. The quantitative estimate of drug-likeness (QED) is 0.368. The first-order valence-electron chi connectivity index (χ1n) is 11.3. The highest BCUT2D eigenvalue weighted by molar-refractivity contribution is 5.80. The number of aromatic nitrogens is 2. The molecule has 1 fully saturated rings. The third-order valence-corrected chi connectivity index (χ3v) is 5.36. The fourth-order valence-corrected chi connectivity index (χ4v) is 3.60. The van der Waals surface area contributed by atoms with Crippen molar-refractivity contribution in [3.05, 3.63) is 41.5 Å². The van der Waals surface area contributed by atoms with Crippen LogP contribution in [0, 0.1) is 0 Å². The molecule has 0 spiro atoms. The van der Waals surface area contributed by atoms with Gasteiger partial charge in [0.2, 0.25) is 5.89 Å². The molecule has 164 valence electrons. The van der Waals surface area contributed by atoms with Crippen LogP contribution in [0.15, 0.2) is 33.8 Å². The summed E-state index contributed by atoms with van der Waals surface area (Å²) in [6, 6.07) is 9.02. The van der Waals surface area contributed by atoms with Gasteiger partial charge in [0, 0.05) is 44.2 Å². The van der Waals surface area contributed by atoms with Gasteiger partial charge in [-0.2, -0.15) is 4.98 Å². The molecule has 1 aliphatic heterocycles. The molecule has 30 heavy (non-hydrogen) atoms. The second kappa shape index (κ2) is 11.0. The summed E-state index contributed by atoms with van der Waals surface area (Å²) in [5, 5.41) is 10.9. The Bertz CT molecular complexity index is 810. The molecule has 2 aromatic rings. The lowest BCUT2D eigenvalue weighted by molar-refractivity contribution is 0.369. The molecule has 7 nitrogen and oxygen atoms in total. The zero-order valence-corrected chi connectivity index (χ0v) is 18.8. The van der Waals surface area contributed by atoms with Gasteiger partial charge in [0.05, 0.1) is 6.04 Å². The van der Waals surface area contributed by atoms with Crippen molar-refractivity contribution in [2.75, 3.05) is 31.1 Å². The molecule has 0 bridgehead atoms. The van der Waals surface area contributed by atoms with Crippen LogP contribution in [-0.4, -0.2) is 42.3 Å². The number of hydrogen-bond acceptors (Lipinski definition) is 5. The molecule has 0 radical (unpaired) electrons. The summed E-state index contributed by atoms with van der Waals surface area (Å²) in [4.78, 5) is 11.6. The minimum absolute atomic E-state index is 0.176. The fourth-order valence-electron chi connectivity index (χ4n) is 3.60. The maximum absolute atomic E-state index is 5.31. The molecule has 7 heteroatoms. The number of aliphatic imine (C=N–C) groups is 1. The number of rotatable bonds is 9. The third kappa shape index (κ3) is 6.21. The van der Waals surface area contributed by atoms with Crippen molar-refractivity contribution in [3.8, 4) is 0 Å². The van der Waals surface area contributed by atoms with E-state index in [0.717, 1.165) is 44.3 Å². The molecule has 2 N–H and O–H groups in total. The van der Waals surface area contributed by atoms with Crippen molar-refractivity contribution in [2.24, 2.45) is 4.99 Å². The summed E-state index contributed by atoms with van der Waals surface area (Å²) >= 11 is 0. The SMILES string of the molecule is CCNC(=NCCCc1nc(C(C)C)no1)NC(C)c1cccc(N2CCCC2)c1. The largest absolute Gasteiger partial charge is 0.372 e. The topological polar surface area (TPSA) is 78.6 Å². The highest BCUT2D eigenvalue weighted by Crippen LogP contribution is 2.24. The standard InChI is InChI=1S/C23H36N6O/c1-5-24-23(25-13-9-12-21-27-22(17(2)3)28-30-21)26-18(4)19-10-8-11-20(16-19)29-14-6-7-15-29/h8,10-11,16-18H,5-7,9,12-15H2,1-4H3,(H2,24,25,26). The second-order valence-corrected chi connectivity index (χ2v) is 8.22. The Kier molecular flexibility index (Phi) is 8.11. The lowest BCUT2D eigenvalue weighted by Gasteiger charge is -2.22. The molecule has 1 aromatic heterocycles. The number of nitrogens with zero attached hydrogens (tertiary/aromatic N) is 4. The van der Waals surface area contributed by atoms with E-state index >= 15 is 0 Å². The Morgan fingerprint density at radius 3 is 2.73 bits per heavy atom. The number of aryl methyl sites for hydroxylation is 1. The minimum Gasteiger partial charge on any atom is -0.372 e. The van der Waals surface area contributed by atoms with Gasteiger partial charge in [-0.25, -0.2) is 0 Å². The fraction of sp³-hybridized carbons (Fsp3) is 0.609. The van der Waals surface area contributed by atoms with Crippen molar-refractivity contribution >= 4 is 11.6 Å². The molecule has 0 aliphatic carbocycles. The van der Waals surface area contributed by atoms with Crippen LogP contribution in [0.4, 0.5) is 5.69 Å². The predicted octanol–water partition coefficient (Wildman–Crippen LogP) is 4.04. The van der Waals surface area contributed by atoms with E-state index in [2.05, 4.69) is 77.6 Å². The van der Waals surface area contributed by atoms with Crippen LogP contribution in [-0.2, 0) is 6.42 Å². The van der Waals surface area contributed by atoms with E-state index < -0.39 is 0 Å². The van der Waals surface area contributed by atoms with Crippen molar-refractivity contribution in [2.45, 2.75) is 65.3 Å². The van der Waals surface area contributed by atoms with Crippen LogP contribution < -0.4 is 15.5 Å². The maximum Gasteiger partial charge on any atom is 0.226 e. The Labute approximate surface area is 180 Å². The maximum atomic E-state index is 5.31. The summed E-state index contributed by atoms with van der Waals surface area (Å²) in [5.74, 6) is 2.59. The Morgan fingerprint density at radius 2 is 2.03 bits per heavy atom. The van der Waals surface area contributed by atoms with Gasteiger partial charge in [-0.15, -0.1) is 0 Å². The summed E-state index contributed by atoms with van der Waals surface area (Å²) in [6.07, 6.45) is 4.19. The summed E-state index contributed by atoms with van der Waals surface area (Å²) in [6.45, 7) is 12.2. The van der Waals surface area contributed by atoms with E-state index in [4.69, 9.17) is 9.52 Å². The number of hydrogen-bond donors (Lipinski definition) is 2. The number of nitrogens with one attached hydrogen (secondary N) is 2. The summed E-state index contributed by atoms with van der Waals surface area (Å²) in [7, 11) is 0. The third-order valence-electron chi connectivity index (χ3n) is 5.36. The van der Waals surface area contributed by atoms with Gasteiger partial charge in [-0.05, 0) is 50.8 Å². The van der Waals surface area contributed by atoms with Crippen LogP contribution in [0.1, 0.15) is 76.2 Å². The normalized spacial score (nSPS) is 15.6. The first kappa shape index (κ1) is 22.1. The molecular weight excluding hydrogens is 376 g/mol. The van der Waals surface area contributed by atoms with E-state index in [1.165, 1.54) is 24.1 Å². The van der Waals surface area contributed by atoms with Crippen LogP contribution in [0.25, 0.3) is 0 Å². The molecular formula is C23H36N6O. The zero-order valence-electron chi connectivity index (χ0n) is 18.8. The average Bonchev–Trinajstić information content (AvgIpc) is 3.43. The molecule has 2 heterocycles. The van der Waals surface area contributed by atoms with Crippen molar-refractivity contribution in [1.82, 2.24) is 20.8 Å². The van der Waals surface area contributed by atoms with Gasteiger partial charge in [0.25, 0.3) is 0 Å². The van der Waals surface area contributed by atoms with E-state index in [9.17, 15) is 0 Å². The molecule has 1 aliphatic rings. The van der Waals surface area contributed by atoms with E-state index in [0.29, 0.717) is 12.4 Å². The van der Waals surface area contributed by atoms with E-state index in [1.54, 1.807) is 0 Å². The summed E-state index contributed by atoms with van der Waals surface area (Å²) in [5.41, 5.74) is 2.60. The predicted molar refractivity (Wildman–Crippen MR) is 122 cm³/mol. The monoisotopic (exact) mass is 412 g/mol. The molecule has 1 unspecified atom stereocenters. The van der Waals surface area contributed by atoms with Gasteiger partial charge in [0.15, 0.2) is 11.8 Å². The van der Waals surface area contributed by atoms with Gasteiger partial charge >= 0.3 is 0 Å². The lowest BCUT2D eigenvalue weighted by atomic mass is 10.1. The Hall–Kier alpha value is -2.57. The van der Waals surface area contributed by atoms with Crippen LogP contribution in [0.5, 0.6) is 0 Å². The second-order valence-electron chi connectivity index (χ2n) is 8.22. The van der Waals surface area contributed by atoms with E-state index in [-0.39, 0.29) is 12.0 Å². The molecule has 1 saturated heterocycles. The molecule has 0 amide bonds. The number of anilines is 1. The van der Waals surface area contributed by atoms with Gasteiger partial charge in [0.1, 0.15) is 0 Å². The van der Waals surface area contributed by atoms with Crippen LogP contribution in [0.2, 0.25) is 0 Å². The van der Waals surface area contributed by atoms with Gasteiger partial charge in [-0.3, -0.25) is 4.99 Å². The van der Waals surface area contributed by atoms with Gasteiger partial charge < -0.3 is 20.1 Å². The number of benzene rings is 1. The molecule has 1 atom stereocenters. The summed E-state index contributed by atoms with van der Waals surface area (Å²) < 4.78 is 5.31. The Balaban J connectivity index is 1.54. The van der Waals surface area contributed by atoms with Crippen molar-refractivity contribution in [3.63, 3.8) is 0 Å². The van der Waals surface area contributed by atoms with Crippen LogP contribution >= 0.6 is 0 Å². The Morgan fingerprint density at radius 1 is 1.23 bits per heavy atom. The average molecular weight is 413 g/mol. The first-order valence-corrected chi connectivity index (χ1v) is 11.3. The van der Waals surface area contributed by atoms with E-state index in [1.807, 2.05) is 0 Å². The van der Waals surface area contributed by atoms with Gasteiger partial charge in [-0.1, -0.05) is 31.1 Å².